The predicted octanol–water partition coefficient (Wildman–Crippen LogP) is 3.76. The highest BCUT2D eigenvalue weighted by atomic mass is 35.5. The van der Waals surface area contributed by atoms with Crippen LogP contribution < -0.4 is 15.0 Å². The molecular weight excluding hydrogens is 352 g/mol. The molecule has 1 amide bonds. The number of carbonyl (C=O) groups excluding carboxylic acids is 1. The summed E-state index contributed by atoms with van der Waals surface area (Å²) in [6, 6.07) is 13.4. The standard InChI is InChI=1S/C20H23ClN2O3/c1-25-16-8-5-15(6-9-16)7-10-19(24)22-18-4-2-3-17(21)20(18)23-11-13-26-14-12-23/h2-6,8-9H,7,10-14H2,1H3,(H,22,24). The van der Waals surface area contributed by atoms with E-state index >= 15 is 0 Å². The first-order chi connectivity index (χ1) is 12.7. The maximum Gasteiger partial charge on any atom is 0.224 e. The summed E-state index contributed by atoms with van der Waals surface area (Å²) in [6.45, 7) is 2.85. The first-order valence-electron chi connectivity index (χ1n) is 8.71. The van der Waals surface area contributed by atoms with Crippen molar-refractivity contribution in [1.29, 1.82) is 0 Å². The van der Waals surface area contributed by atoms with Crippen molar-refractivity contribution < 1.29 is 14.3 Å². The molecule has 2 aromatic carbocycles. The number of para-hydroxylation sites is 1. The van der Waals surface area contributed by atoms with Crippen LogP contribution >= 0.6 is 11.6 Å². The Labute approximate surface area is 158 Å². The summed E-state index contributed by atoms with van der Waals surface area (Å²) in [5.74, 6) is 0.782. The van der Waals surface area contributed by atoms with Gasteiger partial charge in [-0.05, 0) is 36.2 Å². The quantitative estimate of drug-likeness (QED) is 0.836. The van der Waals surface area contributed by atoms with Crippen LogP contribution in [0.3, 0.4) is 0 Å². The smallest absolute Gasteiger partial charge is 0.224 e. The summed E-state index contributed by atoms with van der Waals surface area (Å²) in [4.78, 5) is 14.6. The average Bonchev–Trinajstić information content (AvgIpc) is 2.67. The van der Waals surface area contributed by atoms with E-state index in [0.29, 0.717) is 31.1 Å². The van der Waals surface area contributed by atoms with Gasteiger partial charge >= 0.3 is 0 Å². The van der Waals surface area contributed by atoms with Crippen LogP contribution in [-0.2, 0) is 16.0 Å². The summed E-state index contributed by atoms with van der Waals surface area (Å²) in [7, 11) is 1.64. The topological polar surface area (TPSA) is 50.8 Å². The molecule has 1 N–H and O–H groups in total. The number of carbonyl (C=O) groups is 1. The number of nitrogens with zero attached hydrogens (tertiary/aromatic N) is 1. The highest BCUT2D eigenvalue weighted by molar-refractivity contribution is 6.34. The summed E-state index contributed by atoms with van der Waals surface area (Å²) >= 11 is 6.40. The zero-order valence-corrected chi connectivity index (χ0v) is 15.6. The van der Waals surface area contributed by atoms with Gasteiger partial charge in [-0.3, -0.25) is 4.79 Å². The van der Waals surface area contributed by atoms with E-state index < -0.39 is 0 Å². The second kappa shape index (κ2) is 8.92. The van der Waals surface area contributed by atoms with Gasteiger partial charge in [-0.1, -0.05) is 29.8 Å². The van der Waals surface area contributed by atoms with Crippen molar-refractivity contribution in [2.24, 2.45) is 0 Å². The van der Waals surface area contributed by atoms with Crippen LogP contribution in [-0.4, -0.2) is 39.3 Å². The van der Waals surface area contributed by atoms with Crippen molar-refractivity contribution in [3.8, 4) is 5.75 Å². The maximum atomic E-state index is 12.4. The van der Waals surface area contributed by atoms with Gasteiger partial charge in [0.2, 0.25) is 5.91 Å². The van der Waals surface area contributed by atoms with Gasteiger partial charge < -0.3 is 19.7 Å². The summed E-state index contributed by atoms with van der Waals surface area (Å²) in [6.07, 6.45) is 1.07. The minimum absolute atomic E-state index is 0.0300. The van der Waals surface area contributed by atoms with E-state index in [1.807, 2.05) is 42.5 Å². The molecule has 6 heteroatoms. The number of methoxy groups -OCH3 is 1. The fourth-order valence-corrected chi connectivity index (χ4v) is 3.28. The minimum Gasteiger partial charge on any atom is -0.497 e. The Morgan fingerprint density at radius 1 is 1.19 bits per heavy atom. The molecule has 0 spiro atoms. The Morgan fingerprint density at radius 2 is 1.92 bits per heavy atom. The van der Waals surface area contributed by atoms with Gasteiger partial charge in [0.25, 0.3) is 0 Å². The Balaban J connectivity index is 1.64. The molecule has 1 aliphatic heterocycles. The van der Waals surface area contributed by atoms with Crippen molar-refractivity contribution >= 4 is 28.9 Å². The summed E-state index contributed by atoms with van der Waals surface area (Å²) in [5.41, 5.74) is 2.72. The second-order valence-corrected chi connectivity index (χ2v) is 6.54. The molecule has 0 bridgehead atoms. The highest BCUT2D eigenvalue weighted by Crippen LogP contribution is 2.34. The van der Waals surface area contributed by atoms with Crippen LogP contribution in [0.1, 0.15) is 12.0 Å². The third kappa shape index (κ3) is 4.68. The molecule has 0 aromatic heterocycles. The van der Waals surface area contributed by atoms with E-state index in [2.05, 4.69) is 10.2 Å². The molecule has 0 saturated carbocycles. The molecule has 1 fully saturated rings. The number of hydrogen-bond donors (Lipinski definition) is 1. The average molecular weight is 375 g/mol. The molecule has 5 nitrogen and oxygen atoms in total. The Morgan fingerprint density at radius 3 is 2.62 bits per heavy atom. The Hall–Kier alpha value is -2.24. The first kappa shape index (κ1) is 18.5. The number of rotatable bonds is 6. The molecule has 1 aliphatic rings. The van der Waals surface area contributed by atoms with E-state index in [1.165, 1.54) is 0 Å². The van der Waals surface area contributed by atoms with Gasteiger partial charge in [0, 0.05) is 19.5 Å². The minimum atomic E-state index is -0.0300. The molecule has 0 unspecified atom stereocenters. The third-order valence-corrected chi connectivity index (χ3v) is 4.69. The lowest BCUT2D eigenvalue weighted by Crippen LogP contribution is -2.37. The lowest BCUT2D eigenvalue weighted by molar-refractivity contribution is -0.116. The Kier molecular flexibility index (Phi) is 6.36. The van der Waals surface area contributed by atoms with Crippen LogP contribution in [0.2, 0.25) is 5.02 Å². The summed E-state index contributed by atoms with van der Waals surface area (Å²) < 4.78 is 10.6. The molecule has 0 atom stereocenters. The van der Waals surface area contributed by atoms with Gasteiger partial charge in [-0.2, -0.15) is 0 Å². The van der Waals surface area contributed by atoms with Crippen molar-refractivity contribution in [1.82, 2.24) is 0 Å². The molecule has 1 heterocycles. The van der Waals surface area contributed by atoms with Crippen molar-refractivity contribution in [3.63, 3.8) is 0 Å². The van der Waals surface area contributed by atoms with Gasteiger partial charge in [-0.25, -0.2) is 0 Å². The maximum absolute atomic E-state index is 12.4. The monoisotopic (exact) mass is 374 g/mol. The van der Waals surface area contributed by atoms with Crippen molar-refractivity contribution in [2.75, 3.05) is 43.6 Å². The van der Waals surface area contributed by atoms with E-state index in [1.54, 1.807) is 7.11 Å². The lowest BCUT2D eigenvalue weighted by Gasteiger charge is -2.31. The summed E-state index contributed by atoms with van der Waals surface area (Å²) in [5, 5.41) is 3.65. The van der Waals surface area contributed by atoms with E-state index in [9.17, 15) is 4.79 Å². The number of halogens is 1. The van der Waals surface area contributed by atoms with Crippen molar-refractivity contribution in [3.05, 3.63) is 53.1 Å². The molecule has 0 radical (unpaired) electrons. The van der Waals surface area contributed by atoms with Gasteiger partial charge in [0.05, 0.1) is 36.7 Å². The SMILES string of the molecule is COc1ccc(CCC(=O)Nc2cccc(Cl)c2N2CCOCC2)cc1. The number of hydrogen-bond acceptors (Lipinski definition) is 4. The first-order valence-corrected chi connectivity index (χ1v) is 9.09. The van der Waals surface area contributed by atoms with Gasteiger partial charge in [0.15, 0.2) is 0 Å². The van der Waals surface area contributed by atoms with E-state index in [0.717, 1.165) is 35.8 Å². The molecule has 2 aromatic rings. The highest BCUT2D eigenvalue weighted by Gasteiger charge is 2.19. The molecule has 1 saturated heterocycles. The molecule has 0 aliphatic carbocycles. The van der Waals surface area contributed by atoms with Crippen LogP contribution in [0, 0.1) is 0 Å². The number of nitrogens with one attached hydrogen (secondary N) is 1. The third-order valence-electron chi connectivity index (χ3n) is 4.39. The normalized spacial score (nSPS) is 14.2. The zero-order valence-electron chi connectivity index (χ0n) is 14.8. The second-order valence-electron chi connectivity index (χ2n) is 6.13. The molecule has 138 valence electrons. The number of anilines is 2. The largest absolute Gasteiger partial charge is 0.497 e. The predicted molar refractivity (Wildman–Crippen MR) is 104 cm³/mol. The van der Waals surface area contributed by atoms with Crippen LogP contribution in [0.5, 0.6) is 5.75 Å². The van der Waals surface area contributed by atoms with Crippen LogP contribution in [0.4, 0.5) is 11.4 Å². The lowest BCUT2D eigenvalue weighted by atomic mass is 10.1. The number of ether oxygens (including phenoxy) is 2. The molecule has 3 rings (SSSR count). The van der Waals surface area contributed by atoms with Crippen LogP contribution in [0.25, 0.3) is 0 Å². The van der Waals surface area contributed by atoms with Crippen molar-refractivity contribution in [2.45, 2.75) is 12.8 Å². The zero-order chi connectivity index (χ0) is 18.4. The number of morpholine rings is 1. The molecule has 26 heavy (non-hydrogen) atoms. The van der Waals surface area contributed by atoms with Gasteiger partial charge in [-0.15, -0.1) is 0 Å². The van der Waals surface area contributed by atoms with E-state index in [4.69, 9.17) is 21.1 Å². The van der Waals surface area contributed by atoms with E-state index in [-0.39, 0.29) is 5.91 Å². The fourth-order valence-electron chi connectivity index (χ4n) is 2.99. The molecular formula is C20H23ClN2O3. The fraction of sp³-hybridized carbons (Fsp3) is 0.350. The number of amides is 1. The number of aryl methyl sites for hydroxylation is 1. The number of benzene rings is 2. The Bertz CT molecular complexity index is 743. The van der Waals surface area contributed by atoms with Crippen LogP contribution in [0.15, 0.2) is 42.5 Å². The van der Waals surface area contributed by atoms with Gasteiger partial charge in [0.1, 0.15) is 5.75 Å².